The smallest absolute Gasteiger partial charge is 0.296 e. The van der Waals surface area contributed by atoms with Crippen molar-refractivity contribution in [2.24, 2.45) is 0 Å². The van der Waals surface area contributed by atoms with E-state index in [0.29, 0.717) is 18.7 Å². The van der Waals surface area contributed by atoms with Crippen molar-refractivity contribution in [1.29, 1.82) is 0 Å². The highest BCUT2D eigenvalue weighted by Gasteiger charge is 2.17. The molecule has 0 spiro atoms. The van der Waals surface area contributed by atoms with Crippen LogP contribution in [0.5, 0.6) is 5.75 Å². The van der Waals surface area contributed by atoms with Gasteiger partial charge in [0.05, 0.1) is 6.33 Å². The molecular weight excluding hydrogens is 315 g/mol. The Morgan fingerprint density at radius 2 is 2.00 bits per heavy atom. The second-order valence-corrected chi connectivity index (χ2v) is 5.55. The lowest BCUT2D eigenvalue weighted by atomic mass is 10.2. The van der Waals surface area contributed by atoms with Crippen molar-refractivity contribution in [2.45, 2.75) is 13.1 Å². The van der Waals surface area contributed by atoms with E-state index in [1.54, 1.807) is 0 Å². The van der Waals surface area contributed by atoms with E-state index < -0.39 is 17.2 Å². The second kappa shape index (κ2) is 7.69. The van der Waals surface area contributed by atoms with Crippen molar-refractivity contribution in [1.82, 2.24) is 19.8 Å². The van der Waals surface area contributed by atoms with Gasteiger partial charge in [-0.15, -0.1) is 0 Å². The van der Waals surface area contributed by atoms with Gasteiger partial charge in [0.25, 0.3) is 11.5 Å². The van der Waals surface area contributed by atoms with Gasteiger partial charge in [-0.25, -0.2) is 9.37 Å². The Morgan fingerprint density at radius 3 is 2.62 bits per heavy atom. The zero-order valence-electron chi connectivity index (χ0n) is 13.5. The average molecular weight is 334 g/mol. The number of nitrogens with zero attached hydrogens (tertiary/aromatic N) is 3. The van der Waals surface area contributed by atoms with Crippen LogP contribution in [-0.4, -0.2) is 46.1 Å². The maximum Gasteiger partial charge on any atom is 0.296 e. The van der Waals surface area contributed by atoms with Crippen molar-refractivity contribution in [3.63, 3.8) is 0 Å². The Labute approximate surface area is 138 Å². The van der Waals surface area contributed by atoms with Crippen molar-refractivity contribution < 1.29 is 14.3 Å². The number of hydrogen-bond donors (Lipinski definition) is 2. The second-order valence-electron chi connectivity index (χ2n) is 5.55. The van der Waals surface area contributed by atoms with E-state index in [0.717, 1.165) is 0 Å². The maximum absolute atomic E-state index is 12.8. The summed E-state index contributed by atoms with van der Waals surface area (Å²) >= 11 is 0. The Balaban J connectivity index is 2.07. The van der Waals surface area contributed by atoms with E-state index in [1.807, 2.05) is 19.0 Å². The molecule has 0 fully saturated rings. The summed E-state index contributed by atoms with van der Waals surface area (Å²) in [6.07, 6.45) is 1.23. The van der Waals surface area contributed by atoms with Crippen LogP contribution in [0.2, 0.25) is 0 Å². The molecule has 0 radical (unpaired) electrons. The molecule has 0 aliphatic rings. The topological polar surface area (TPSA) is 87.5 Å². The highest BCUT2D eigenvalue weighted by Crippen LogP contribution is 2.08. The molecular formula is C16H19FN4O3. The molecule has 2 rings (SSSR count). The summed E-state index contributed by atoms with van der Waals surface area (Å²) < 4.78 is 14.1. The normalized spacial score (nSPS) is 10.8. The number of carbonyl (C=O) groups excluding carboxylic acids is 1. The van der Waals surface area contributed by atoms with Gasteiger partial charge in [-0.1, -0.05) is 12.1 Å². The maximum atomic E-state index is 12.8. The number of halogens is 1. The third-order valence-electron chi connectivity index (χ3n) is 3.38. The van der Waals surface area contributed by atoms with Gasteiger partial charge in [0.15, 0.2) is 5.69 Å². The fraction of sp³-hybridized carbons (Fsp3) is 0.312. The predicted octanol–water partition coefficient (Wildman–Crippen LogP) is 0.580. The molecule has 0 aliphatic carbocycles. The fourth-order valence-electron chi connectivity index (χ4n) is 1.98. The molecule has 7 nitrogen and oxygen atoms in total. The molecule has 0 unspecified atom stereocenters. The van der Waals surface area contributed by atoms with E-state index in [1.165, 1.54) is 35.2 Å². The minimum absolute atomic E-state index is 0.129. The first-order chi connectivity index (χ1) is 11.4. The molecule has 0 bridgehead atoms. The monoisotopic (exact) mass is 334 g/mol. The lowest BCUT2D eigenvalue weighted by Crippen LogP contribution is -2.30. The van der Waals surface area contributed by atoms with Gasteiger partial charge in [0.2, 0.25) is 5.75 Å². The summed E-state index contributed by atoms with van der Waals surface area (Å²) in [5, 5.41) is 12.5. The van der Waals surface area contributed by atoms with Crippen molar-refractivity contribution >= 4 is 5.91 Å². The number of likely N-dealkylation sites (N-methyl/N-ethyl adjacent to an activating group) is 1. The van der Waals surface area contributed by atoms with Crippen molar-refractivity contribution in [3.05, 3.63) is 58.0 Å². The Kier molecular flexibility index (Phi) is 5.64. The molecule has 2 N–H and O–H groups in total. The molecule has 1 aromatic heterocycles. The minimum Gasteiger partial charge on any atom is -0.501 e. The lowest BCUT2D eigenvalue weighted by Gasteiger charge is -2.12. The number of rotatable bonds is 6. The highest BCUT2D eigenvalue weighted by molar-refractivity contribution is 5.94. The average Bonchev–Trinajstić information content (AvgIpc) is 2.55. The number of nitrogens with one attached hydrogen (secondary N) is 1. The molecule has 0 saturated heterocycles. The van der Waals surface area contributed by atoms with Crippen molar-refractivity contribution in [3.8, 4) is 5.75 Å². The quantitative estimate of drug-likeness (QED) is 0.807. The number of aromatic hydroxyl groups is 1. The van der Waals surface area contributed by atoms with Gasteiger partial charge in [-0.05, 0) is 31.8 Å². The van der Waals surface area contributed by atoms with Gasteiger partial charge in [0.1, 0.15) is 5.82 Å². The summed E-state index contributed by atoms with van der Waals surface area (Å²) in [5.74, 6) is -1.73. The first-order valence-corrected chi connectivity index (χ1v) is 7.34. The van der Waals surface area contributed by atoms with Crippen LogP contribution in [-0.2, 0) is 13.1 Å². The van der Waals surface area contributed by atoms with Gasteiger partial charge < -0.3 is 15.3 Å². The van der Waals surface area contributed by atoms with Gasteiger partial charge in [-0.3, -0.25) is 14.2 Å². The van der Waals surface area contributed by atoms with Crippen LogP contribution in [0.1, 0.15) is 16.1 Å². The first-order valence-electron chi connectivity index (χ1n) is 7.34. The summed E-state index contributed by atoms with van der Waals surface area (Å²) in [7, 11) is 3.71. The molecule has 1 aromatic carbocycles. The minimum atomic E-state index is -0.687. The molecule has 0 saturated carbocycles. The Bertz CT molecular complexity index is 772. The molecule has 8 heteroatoms. The van der Waals surface area contributed by atoms with Crippen LogP contribution in [0, 0.1) is 5.82 Å². The molecule has 0 aliphatic heterocycles. The molecule has 1 amide bonds. The zero-order chi connectivity index (χ0) is 17.7. The third-order valence-corrected chi connectivity index (χ3v) is 3.38. The number of benzene rings is 1. The number of carbonyl (C=O) groups is 1. The molecule has 24 heavy (non-hydrogen) atoms. The van der Waals surface area contributed by atoms with Gasteiger partial charge in [-0.2, -0.15) is 0 Å². The van der Waals surface area contributed by atoms with Crippen LogP contribution in [0.15, 0.2) is 35.4 Å². The standard InChI is InChI=1S/C16H19FN4O3/c1-20(2)7-8-21-10-19-13(14(22)16(21)24)15(23)18-9-11-3-5-12(17)6-4-11/h3-6,10,22H,7-9H2,1-2H3,(H,18,23). The molecule has 0 atom stereocenters. The van der Waals surface area contributed by atoms with E-state index in [9.17, 15) is 19.1 Å². The van der Waals surface area contributed by atoms with Gasteiger partial charge >= 0.3 is 0 Å². The van der Waals surface area contributed by atoms with Crippen LogP contribution < -0.4 is 10.9 Å². The first kappa shape index (κ1) is 17.6. The largest absolute Gasteiger partial charge is 0.501 e. The highest BCUT2D eigenvalue weighted by atomic mass is 19.1. The van der Waals surface area contributed by atoms with Crippen LogP contribution in [0.3, 0.4) is 0 Å². The van der Waals surface area contributed by atoms with E-state index in [4.69, 9.17) is 0 Å². The van der Waals surface area contributed by atoms with E-state index in [-0.39, 0.29) is 18.1 Å². The number of hydrogen-bond acceptors (Lipinski definition) is 5. The number of amides is 1. The SMILES string of the molecule is CN(C)CCn1cnc(C(=O)NCc2ccc(F)cc2)c(O)c1=O. The summed E-state index contributed by atoms with van der Waals surface area (Å²) in [4.78, 5) is 29.9. The van der Waals surface area contributed by atoms with Crippen LogP contribution in [0.25, 0.3) is 0 Å². The summed E-state index contributed by atoms with van der Waals surface area (Å²) in [6.45, 7) is 1.07. The van der Waals surface area contributed by atoms with Crippen molar-refractivity contribution in [2.75, 3.05) is 20.6 Å². The number of aromatic nitrogens is 2. The van der Waals surface area contributed by atoms with Crippen LogP contribution in [0.4, 0.5) is 4.39 Å². The van der Waals surface area contributed by atoms with E-state index >= 15 is 0 Å². The molecule has 128 valence electrons. The Hall–Kier alpha value is -2.74. The summed E-state index contributed by atoms with van der Waals surface area (Å²) in [5.41, 5.74) is -0.314. The predicted molar refractivity (Wildman–Crippen MR) is 86.3 cm³/mol. The van der Waals surface area contributed by atoms with Gasteiger partial charge in [0, 0.05) is 19.6 Å². The van der Waals surface area contributed by atoms with Crippen LogP contribution >= 0.6 is 0 Å². The molecule has 2 aromatic rings. The lowest BCUT2D eigenvalue weighted by molar-refractivity contribution is 0.0942. The Morgan fingerprint density at radius 1 is 1.33 bits per heavy atom. The zero-order valence-corrected chi connectivity index (χ0v) is 13.5. The molecule has 1 heterocycles. The van der Waals surface area contributed by atoms with E-state index in [2.05, 4.69) is 10.3 Å². The summed E-state index contributed by atoms with van der Waals surface area (Å²) in [6, 6.07) is 5.62. The fourth-order valence-corrected chi connectivity index (χ4v) is 1.98. The third kappa shape index (κ3) is 4.39.